The molecule has 0 atom stereocenters. The maximum Gasteiger partial charge on any atom is 0.267 e. The van der Waals surface area contributed by atoms with Crippen LogP contribution in [0.5, 0.6) is 0 Å². The average Bonchev–Trinajstić information content (AvgIpc) is 3.02. The smallest absolute Gasteiger partial charge is 0.267 e. The van der Waals surface area contributed by atoms with E-state index in [4.69, 9.17) is 0 Å². The topological polar surface area (TPSA) is 68.8 Å². The Labute approximate surface area is 147 Å². The van der Waals surface area contributed by atoms with Crippen LogP contribution in [0.1, 0.15) is 42.8 Å². The van der Waals surface area contributed by atoms with Gasteiger partial charge in [-0.1, -0.05) is 0 Å². The van der Waals surface area contributed by atoms with Gasteiger partial charge >= 0.3 is 0 Å². The lowest BCUT2D eigenvalue weighted by Crippen LogP contribution is -2.37. The Morgan fingerprint density at radius 3 is 2.76 bits per heavy atom. The summed E-state index contributed by atoms with van der Waals surface area (Å²) in [5.41, 5.74) is 2.39. The van der Waals surface area contributed by atoms with E-state index in [1.54, 1.807) is 11.0 Å². The lowest BCUT2D eigenvalue weighted by Gasteiger charge is -2.31. The first-order valence-corrected chi connectivity index (χ1v) is 9.34. The number of aromatic nitrogens is 5. The molecule has 0 aromatic carbocycles. The molecule has 0 N–H and O–H groups in total. The summed E-state index contributed by atoms with van der Waals surface area (Å²) in [6.07, 6.45) is 8.35. The molecule has 134 valence electrons. The van der Waals surface area contributed by atoms with Gasteiger partial charge in [-0.2, -0.15) is 5.10 Å². The van der Waals surface area contributed by atoms with Crippen LogP contribution in [0.2, 0.25) is 0 Å². The first-order chi connectivity index (χ1) is 12.2. The number of nitrogens with zero attached hydrogens (tertiary/aromatic N) is 6. The standard InChI is InChI=1S/C18H26N6O/c1-22-13-19-20-17(22)12-23-8-6-14(7-9-23)11-24-18(25)10-15-4-2-3-5-16(15)21-24/h10,13-14H,2-9,11-12H2,1H3. The molecule has 7 nitrogen and oxygen atoms in total. The van der Waals surface area contributed by atoms with Gasteiger partial charge < -0.3 is 4.57 Å². The highest BCUT2D eigenvalue weighted by Gasteiger charge is 2.22. The molecule has 0 saturated carbocycles. The van der Waals surface area contributed by atoms with Crippen molar-refractivity contribution in [1.29, 1.82) is 0 Å². The molecule has 7 heteroatoms. The Morgan fingerprint density at radius 1 is 1.20 bits per heavy atom. The molecule has 2 aromatic heterocycles. The van der Waals surface area contributed by atoms with Gasteiger partial charge in [-0.05, 0) is 63.1 Å². The van der Waals surface area contributed by atoms with E-state index in [-0.39, 0.29) is 5.56 Å². The molecule has 1 aliphatic heterocycles. The van der Waals surface area contributed by atoms with E-state index in [0.29, 0.717) is 5.92 Å². The average molecular weight is 342 g/mol. The second-order valence-corrected chi connectivity index (χ2v) is 7.42. The number of piperidine rings is 1. The molecule has 25 heavy (non-hydrogen) atoms. The van der Waals surface area contributed by atoms with E-state index < -0.39 is 0 Å². The molecular weight excluding hydrogens is 316 g/mol. The molecular formula is C18H26N6O. The second-order valence-electron chi connectivity index (χ2n) is 7.42. The Morgan fingerprint density at radius 2 is 2.00 bits per heavy atom. The van der Waals surface area contributed by atoms with Gasteiger partial charge in [0, 0.05) is 19.7 Å². The zero-order valence-corrected chi connectivity index (χ0v) is 14.9. The quantitative estimate of drug-likeness (QED) is 0.834. The van der Waals surface area contributed by atoms with Crippen molar-refractivity contribution in [2.45, 2.75) is 51.6 Å². The van der Waals surface area contributed by atoms with Crippen molar-refractivity contribution in [2.75, 3.05) is 13.1 Å². The van der Waals surface area contributed by atoms with Gasteiger partial charge in [0.25, 0.3) is 5.56 Å². The van der Waals surface area contributed by atoms with E-state index in [0.717, 1.165) is 63.4 Å². The SMILES string of the molecule is Cn1cnnc1CN1CCC(Cn2nc3c(cc2=O)CCCC3)CC1. The lowest BCUT2D eigenvalue weighted by atomic mass is 9.96. The summed E-state index contributed by atoms with van der Waals surface area (Å²) in [7, 11) is 1.98. The Bertz CT molecular complexity index is 787. The van der Waals surface area contributed by atoms with E-state index >= 15 is 0 Å². The van der Waals surface area contributed by atoms with Crippen molar-refractivity contribution in [3.05, 3.63) is 39.8 Å². The van der Waals surface area contributed by atoms with Crippen molar-refractivity contribution < 1.29 is 0 Å². The number of aryl methyl sites for hydroxylation is 3. The molecule has 0 bridgehead atoms. The molecule has 2 aromatic rings. The lowest BCUT2D eigenvalue weighted by molar-refractivity contribution is 0.159. The highest BCUT2D eigenvalue weighted by molar-refractivity contribution is 5.20. The molecule has 2 aliphatic rings. The summed E-state index contributed by atoms with van der Waals surface area (Å²) in [6.45, 7) is 3.68. The normalized spacial score (nSPS) is 19.1. The monoisotopic (exact) mass is 342 g/mol. The highest BCUT2D eigenvalue weighted by atomic mass is 16.1. The summed E-state index contributed by atoms with van der Waals surface area (Å²) < 4.78 is 3.69. The van der Waals surface area contributed by atoms with Gasteiger partial charge in [0.2, 0.25) is 0 Å². The minimum absolute atomic E-state index is 0.0714. The van der Waals surface area contributed by atoms with E-state index in [1.807, 2.05) is 17.7 Å². The van der Waals surface area contributed by atoms with Crippen molar-refractivity contribution >= 4 is 0 Å². The Balaban J connectivity index is 1.36. The third kappa shape index (κ3) is 3.66. The van der Waals surface area contributed by atoms with Gasteiger partial charge in [0.05, 0.1) is 12.2 Å². The molecule has 3 heterocycles. The third-order valence-electron chi connectivity index (χ3n) is 5.58. The van der Waals surface area contributed by atoms with Crippen LogP contribution in [0.4, 0.5) is 0 Å². The fourth-order valence-corrected chi connectivity index (χ4v) is 3.95. The van der Waals surface area contributed by atoms with Gasteiger partial charge in [-0.25, -0.2) is 4.68 Å². The summed E-state index contributed by atoms with van der Waals surface area (Å²) in [6, 6.07) is 1.82. The number of hydrogen-bond donors (Lipinski definition) is 0. The highest BCUT2D eigenvalue weighted by Crippen LogP contribution is 2.21. The van der Waals surface area contributed by atoms with Crippen molar-refractivity contribution in [3.8, 4) is 0 Å². The van der Waals surface area contributed by atoms with Gasteiger partial charge in [-0.3, -0.25) is 9.69 Å². The zero-order valence-electron chi connectivity index (χ0n) is 14.9. The minimum Gasteiger partial charge on any atom is -0.320 e. The predicted octanol–water partition coefficient (Wildman–Crippen LogP) is 1.16. The largest absolute Gasteiger partial charge is 0.320 e. The number of hydrogen-bond acceptors (Lipinski definition) is 5. The summed E-state index contributed by atoms with van der Waals surface area (Å²) in [5, 5.41) is 12.8. The molecule has 0 unspecified atom stereocenters. The van der Waals surface area contributed by atoms with Crippen molar-refractivity contribution in [1.82, 2.24) is 29.4 Å². The molecule has 0 amide bonds. The number of rotatable bonds is 4. The second kappa shape index (κ2) is 7.07. The van der Waals surface area contributed by atoms with E-state index in [2.05, 4.69) is 20.2 Å². The van der Waals surface area contributed by atoms with E-state index in [9.17, 15) is 4.79 Å². The van der Waals surface area contributed by atoms with Crippen LogP contribution in [0.25, 0.3) is 0 Å². The summed E-state index contributed by atoms with van der Waals surface area (Å²) in [5.74, 6) is 1.54. The van der Waals surface area contributed by atoms with Crippen LogP contribution in [0.3, 0.4) is 0 Å². The molecule has 4 rings (SSSR count). The first kappa shape index (κ1) is 16.4. The van der Waals surface area contributed by atoms with Crippen LogP contribution >= 0.6 is 0 Å². The minimum atomic E-state index is 0.0714. The predicted molar refractivity (Wildman–Crippen MR) is 94.1 cm³/mol. The molecule has 0 radical (unpaired) electrons. The zero-order chi connectivity index (χ0) is 17.2. The number of fused-ring (bicyclic) bond motifs is 1. The maximum atomic E-state index is 12.4. The molecule has 0 spiro atoms. The summed E-state index contributed by atoms with van der Waals surface area (Å²) in [4.78, 5) is 14.8. The van der Waals surface area contributed by atoms with Crippen LogP contribution in [-0.4, -0.2) is 42.5 Å². The van der Waals surface area contributed by atoms with Crippen LogP contribution in [0, 0.1) is 5.92 Å². The Kier molecular flexibility index (Phi) is 4.65. The fraction of sp³-hybridized carbons (Fsp3) is 0.667. The molecule has 1 saturated heterocycles. The van der Waals surface area contributed by atoms with Gasteiger partial charge in [-0.15, -0.1) is 10.2 Å². The van der Waals surface area contributed by atoms with Crippen LogP contribution in [0.15, 0.2) is 17.2 Å². The Hall–Kier alpha value is -2.02. The summed E-state index contributed by atoms with van der Waals surface area (Å²) >= 11 is 0. The fourth-order valence-electron chi connectivity index (χ4n) is 3.95. The molecule has 1 aliphatic carbocycles. The van der Waals surface area contributed by atoms with Gasteiger partial charge in [0.15, 0.2) is 0 Å². The van der Waals surface area contributed by atoms with Crippen LogP contribution < -0.4 is 5.56 Å². The number of likely N-dealkylation sites (tertiary alicyclic amines) is 1. The van der Waals surface area contributed by atoms with E-state index in [1.165, 1.54) is 18.4 Å². The first-order valence-electron chi connectivity index (χ1n) is 9.34. The van der Waals surface area contributed by atoms with Crippen molar-refractivity contribution in [3.63, 3.8) is 0 Å². The maximum absolute atomic E-state index is 12.4. The van der Waals surface area contributed by atoms with Crippen LogP contribution in [-0.2, 0) is 33.0 Å². The third-order valence-corrected chi connectivity index (χ3v) is 5.58. The van der Waals surface area contributed by atoms with Crippen molar-refractivity contribution in [2.24, 2.45) is 13.0 Å². The van der Waals surface area contributed by atoms with Gasteiger partial charge in [0.1, 0.15) is 12.2 Å². The molecule has 1 fully saturated rings.